The van der Waals surface area contributed by atoms with Gasteiger partial charge in [0.05, 0.1) is 25.2 Å². The smallest absolute Gasteiger partial charge is 0.308 e. The SMILES string of the molecule is CCOC(=O)CC(O)CC(O)C=Cc1c(-c2ccc(F)cc2)cc(OCc2ccccc2)cc1C(C)C. The maximum atomic E-state index is 13.7. The third kappa shape index (κ3) is 8.55. The molecule has 196 valence electrons. The highest BCUT2D eigenvalue weighted by Crippen LogP contribution is 2.36. The van der Waals surface area contributed by atoms with Gasteiger partial charge in [0.1, 0.15) is 18.2 Å². The van der Waals surface area contributed by atoms with Gasteiger partial charge in [-0.15, -0.1) is 0 Å². The predicted molar refractivity (Wildman–Crippen MR) is 144 cm³/mol. The molecule has 2 atom stereocenters. The number of halogens is 1. The van der Waals surface area contributed by atoms with Gasteiger partial charge in [-0.3, -0.25) is 4.79 Å². The van der Waals surface area contributed by atoms with Crippen molar-refractivity contribution in [2.24, 2.45) is 0 Å². The molecule has 0 aromatic heterocycles. The van der Waals surface area contributed by atoms with E-state index in [1.807, 2.05) is 48.5 Å². The number of hydrogen-bond donors (Lipinski definition) is 2. The van der Waals surface area contributed by atoms with Gasteiger partial charge in [-0.1, -0.05) is 68.5 Å². The molecule has 2 N–H and O–H groups in total. The number of carbonyl (C=O) groups is 1. The van der Waals surface area contributed by atoms with Crippen molar-refractivity contribution in [2.45, 2.75) is 58.3 Å². The van der Waals surface area contributed by atoms with Crippen molar-refractivity contribution in [1.29, 1.82) is 0 Å². The largest absolute Gasteiger partial charge is 0.489 e. The van der Waals surface area contributed by atoms with Gasteiger partial charge in [-0.2, -0.15) is 0 Å². The molecular weight excluding hydrogens is 471 g/mol. The zero-order chi connectivity index (χ0) is 26.8. The number of aliphatic hydroxyl groups excluding tert-OH is 2. The molecule has 0 aliphatic rings. The Bertz CT molecular complexity index is 1170. The first-order valence-corrected chi connectivity index (χ1v) is 12.6. The van der Waals surface area contributed by atoms with Crippen LogP contribution in [0, 0.1) is 5.82 Å². The van der Waals surface area contributed by atoms with Crippen molar-refractivity contribution in [1.82, 2.24) is 0 Å². The summed E-state index contributed by atoms with van der Waals surface area (Å²) in [7, 11) is 0. The van der Waals surface area contributed by atoms with Crippen molar-refractivity contribution in [3.05, 3.63) is 95.3 Å². The fourth-order valence-corrected chi connectivity index (χ4v) is 4.06. The molecule has 0 aliphatic carbocycles. The molecule has 6 heteroatoms. The van der Waals surface area contributed by atoms with E-state index < -0.39 is 18.2 Å². The molecule has 2 unspecified atom stereocenters. The van der Waals surface area contributed by atoms with Gasteiger partial charge >= 0.3 is 5.97 Å². The van der Waals surface area contributed by atoms with Crippen LogP contribution in [0.15, 0.2) is 72.8 Å². The molecular formula is C31H35FO5. The van der Waals surface area contributed by atoms with Gasteiger partial charge in [0, 0.05) is 6.42 Å². The van der Waals surface area contributed by atoms with Gasteiger partial charge in [0.25, 0.3) is 0 Å². The molecule has 37 heavy (non-hydrogen) atoms. The minimum absolute atomic E-state index is 0.00349. The number of hydrogen-bond acceptors (Lipinski definition) is 5. The number of esters is 1. The quantitative estimate of drug-likeness (QED) is 0.283. The van der Waals surface area contributed by atoms with Crippen molar-refractivity contribution in [3.8, 4) is 16.9 Å². The van der Waals surface area contributed by atoms with Crippen LogP contribution in [0.2, 0.25) is 0 Å². The summed E-state index contributed by atoms with van der Waals surface area (Å²) < 4.78 is 24.7. The first-order valence-electron chi connectivity index (χ1n) is 12.6. The van der Waals surface area contributed by atoms with E-state index >= 15 is 0 Å². The molecule has 0 aliphatic heterocycles. The Morgan fingerprint density at radius 1 is 1.03 bits per heavy atom. The predicted octanol–water partition coefficient (Wildman–Crippen LogP) is 6.27. The third-order valence-corrected chi connectivity index (χ3v) is 5.92. The van der Waals surface area contributed by atoms with Gasteiger partial charge in [0.2, 0.25) is 0 Å². The van der Waals surface area contributed by atoms with E-state index in [4.69, 9.17) is 9.47 Å². The molecule has 3 rings (SSSR count). The van der Waals surface area contributed by atoms with Crippen LogP contribution >= 0.6 is 0 Å². The Balaban J connectivity index is 1.92. The number of rotatable bonds is 12. The van der Waals surface area contributed by atoms with E-state index in [9.17, 15) is 19.4 Å². The van der Waals surface area contributed by atoms with Gasteiger partial charge in [-0.05, 0) is 64.9 Å². The summed E-state index contributed by atoms with van der Waals surface area (Å²) in [4.78, 5) is 11.6. The van der Waals surface area contributed by atoms with Crippen LogP contribution in [0.25, 0.3) is 17.2 Å². The average molecular weight is 507 g/mol. The van der Waals surface area contributed by atoms with Crippen molar-refractivity contribution < 1.29 is 28.9 Å². The van der Waals surface area contributed by atoms with E-state index in [0.717, 1.165) is 27.8 Å². The molecule has 0 heterocycles. The minimum atomic E-state index is -1.02. The van der Waals surface area contributed by atoms with Crippen LogP contribution in [-0.4, -0.2) is 35.0 Å². The number of benzene rings is 3. The lowest BCUT2D eigenvalue weighted by Gasteiger charge is -2.19. The Hall–Kier alpha value is -3.48. The Kier molecular flexibility index (Phi) is 10.4. The number of carbonyl (C=O) groups excluding carboxylic acids is 1. The molecule has 3 aromatic carbocycles. The van der Waals surface area contributed by atoms with E-state index in [2.05, 4.69) is 13.8 Å². The van der Waals surface area contributed by atoms with Crippen LogP contribution in [0.4, 0.5) is 4.39 Å². The second kappa shape index (κ2) is 13.7. The summed E-state index contributed by atoms with van der Waals surface area (Å²) in [6.45, 7) is 6.49. The van der Waals surface area contributed by atoms with Gasteiger partial charge in [0.15, 0.2) is 0 Å². The van der Waals surface area contributed by atoms with E-state index in [-0.39, 0.29) is 31.2 Å². The summed E-state index contributed by atoms with van der Waals surface area (Å²) in [6.07, 6.45) is 1.25. The highest BCUT2D eigenvalue weighted by atomic mass is 19.1. The maximum Gasteiger partial charge on any atom is 0.308 e. The number of aliphatic hydroxyl groups is 2. The van der Waals surface area contributed by atoms with Gasteiger partial charge < -0.3 is 19.7 Å². The minimum Gasteiger partial charge on any atom is -0.489 e. The average Bonchev–Trinajstić information content (AvgIpc) is 2.87. The monoisotopic (exact) mass is 506 g/mol. The van der Waals surface area contributed by atoms with Crippen molar-refractivity contribution in [3.63, 3.8) is 0 Å². The van der Waals surface area contributed by atoms with E-state index in [0.29, 0.717) is 12.4 Å². The second-order valence-electron chi connectivity index (χ2n) is 9.23. The topological polar surface area (TPSA) is 76.0 Å². The molecule has 3 aromatic rings. The van der Waals surface area contributed by atoms with Crippen LogP contribution in [-0.2, 0) is 16.1 Å². The fourth-order valence-electron chi connectivity index (χ4n) is 4.06. The molecule has 0 saturated heterocycles. The Morgan fingerprint density at radius 3 is 2.38 bits per heavy atom. The van der Waals surface area contributed by atoms with E-state index in [1.165, 1.54) is 12.1 Å². The third-order valence-electron chi connectivity index (χ3n) is 5.92. The molecule has 0 amide bonds. The summed E-state index contributed by atoms with van der Waals surface area (Å²) in [5.41, 5.74) is 4.56. The summed E-state index contributed by atoms with van der Waals surface area (Å²) in [6, 6.07) is 20.0. The normalized spacial score (nSPS) is 13.1. The second-order valence-corrected chi connectivity index (χ2v) is 9.23. The Morgan fingerprint density at radius 2 is 1.73 bits per heavy atom. The maximum absolute atomic E-state index is 13.7. The summed E-state index contributed by atoms with van der Waals surface area (Å²) >= 11 is 0. The molecule has 0 radical (unpaired) electrons. The molecule has 0 saturated carbocycles. The summed E-state index contributed by atoms with van der Waals surface area (Å²) in [5, 5.41) is 20.7. The Labute approximate surface area is 218 Å². The highest BCUT2D eigenvalue weighted by molar-refractivity contribution is 5.79. The van der Waals surface area contributed by atoms with Crippen LogP contribution in [0.5, 0.6) is 5.75 Å². The van der Waals surface area contributed by atoms with Crippen molar-refractivity contribution >= 4 is 12.0 Å². The fraction of sp³-hybridized carbons (Fsp3) is 0.323. The summed E-state index contributed by atoms with van der Waals surface area (Å²) in [5.74, 6) is -0.00881. The standard InChI is InChI=1S/C31H35FO5/c1-4-36-31(35)17-26(34)16-25(33)14-15-28-29(21(2)3)18-27(37-20-22-8-6-5-7-9-22)19-30(28)23-10-12-24(32)13-11-23/h5-15,18-19,21,25-26,33-34H,4,16-17,20H2,1-3H3. The number of ether oxygens (including phenoxy) is 2. The zero-order valence-corrected chi connectivity index (χ0v) is 21.6. The molecule has 0 bridgehead atoms. The first-order chi connectivity index (χ1) is 17.8. The first kappa shape index (κ1) is 28.1. The lowest BCUT2D eigenvalue weighted by Crippen LogP contribution is -2.20. The van der Waals surface area contributed by atoms with Gasteiger partial charge in [-0.25, -0.2) is 4.39 Å². The molecule has 0 fully saturated rings. The van der Waals surface area contributed by atoms with Crippen LogP contribution in [0.1, 0.15) is 56.2 Å². The van der Waals surface area contributed by atoms with Crippen LogP contribution < -0.4 is 4.74 Å². The molecule has 0 spiro atoms. The van der Waals surface area contributed by atoms with Crippen molar-refractivity contribution in [2.75, 3.05) is 6.61 Å². The molecule has 5 nitrogen and oxygen atoms in total. The zero-order valence-electron chi connectivity index (χ0n) is 21.6. The lowest BCUT2D eigenvalue weighted by molar-refractivity contribution is -0.145. The lowest BCUT2D eigenvalue weighted by atomic mass is 9.89. The van der Waals surface area contributed by atoms with E-state index in [1.54, 1.807) is 25.1 Å². The van der Waals surface area contributed by atoms with Crippen LogP contribution in [0.3, 0.4) is 0 Å². The highest BCUT2D eigenvalue weighted by Gasteiger charge is 2.17.